The molecule has 2 aromatic rings. The van der Waals surface area contributed by atoms with Gasteiger partial charge in [0.2, 0.25) is 0 Å². The molecule has 8 heteroatoms. The summed E-state index contributed by atoms with van der Waals surface area (Å²) in [4.78, 5) is 11.5. The standard InChI is InChI=1S/C23H34FN5S.HI/c1-5-22-28-20(15-30-22)14-29-10-8-18(9-11-29)13-26-23(25-4)27-17(3)19-7-6-16(2)21(24)12-19;/h6-7,12,15,17-18H,5,8-11,13-14H2,1-4H3,(H2,25,26,27);1H. The Labute approximate surface area is 207 Å². The first kappa shape index (κ1) is 26.0. The predicted octanol–water partition coefficient (Wildman–Crippen LogP) is 4.91. The van der Waals surface area contributed by atoms with Crippen molar-refractivity contribution >= 4 is 41.3 Å². The van der Waals surface area contributed by atoms with E-state index in [1.165, 1.54) is 23.5 Å². The summed E-state index contributed by atoms with van der Waals surface area (Å²) in [5, 5.41) is 10.3. The maximum Gasteiger partial charge on any atom is 0.191 e. The third kappa shape index (κ3) is 7.68. The number of likely N-dealkylation sites (tertiary alicyclic amines) is 1. The Balaban J connectivity index is 0.00000341. The molecule has 1 aromatic heterocycles. The van der Waals surface area contributed by atoms with Gasteiger partial charge < -0.3 is 10.6 Å². The van der Waals surface area contributed by atoms with E-state index in [0.29, 0.717) is 11.5 Å². The second-order valence-electron chi connectivity index (χ2n) is 8.13. The topological polar surface area (TPSA) is 52.6 Å². The average Bonchev–Trinajstić information content (AvgIpc) is 3.21. The van der Waals surface area contributed by atoms with E-state index in [-0.39, 0.29) is 35.8 Å². The summed E-state index contributed by atoms with van der Waals surface area (Å²) in [6, 6.07) is 5.37. The van der Waals surface area contributed by atoms with Crippen LogP contribution in [-0.2, 0) is 13.0 Å². The largest absolute Gasteiger partial charge is 0.356 e. The highest BCUT2D eigenvalue weighted by atomic mass is 127. The monoisotopic (exact) mass is 559 g/mol. The van der Waals surface area contributed by atoms with Gasteiger partial charge in [0.05, 0.1) is 16.7 Å². The highest BCUT2D eigenvalue weighted by Crippen LogP contribution is 2.20. The molecule has 2 heterocycles. The highest BCUT2D eigenvalue weighted by Gasteiger charge is 2.20. The van der Waals surface area contributed by atoms with Gasteiger partial charge in [-0.15, -0.1) is 35.3 Å². The molecule has 2 N–H and O–H groups in total. The number of rotatable bonds is 7. The molecule has 1 aliphatic heterocycles. The fourth-order valence-electron chi connectivity index (χ4n) is 3.76. The molecule has 1 aromatic carbocycles. The smallest absolute Gasteiger partial charge is 0.191 e. The Bertz CT molecular complexity index is 848. The first-order valence-corrected chi connectivity index (χ1v) is 11.7. The van der Waals surface area contributed by atoms with E-state index in [2.05, 4.69) is 32.8 Å². The molecule has 1 fully saturated rings. The Morgan fingerprint density at radius 1 is 1.35 bits per heavy atom. The number of piperidine rings is 1. The fourth-order valence-corrected chi connectivity index (χ4v) is 4.50. The van der Waals surface area contributed by atoms with Gasteiger partial charge in [-0.05, 0) is 69.3 Å². The third-order valence-corrected chi connectivity index (χ3v) is 6.87. The van der Waals surface area contributed by atoms with Gasteiger partial charge in [-0.1, -0.05) is 19.1 Å². The van der Waals surface area contributed by atoms with Crippen LogP contribution >= 0.6 is 35.3 Å². The third-order valence-electron chi connectivity index (χ3n) is 5.83. The molecule has 5 nitrogen and oxygen atoms in total. The summed E-state index contributed by atoms with van der Waals surface area (Å²) in [5.74, 6) is 1.23. The number of thiazole rings is 1. The zero-order valence-corrected chi connectivity index (χ0v) is 22.1. The van der Waals surface area contributed by atoms with Crippen molar-refractivity contribution < 1.29 is 4.39 Å². The molecule has 1 saturated heterocycles. The molecule has 1 unspecified atom stereocenters. The number of aromatic nitrogens is 1. The van der Waals surface area contributed by atoms with Crippen molar-refractivity contribution in [2.45, 2.75) is 52.6 Å². The molecule has 172 valence electrons. The average molecular weight is 560 g/mol. The maximum atomic E-state index is 13.9. The van der Waals surface area contributed by atoms with E-state index < -0.39 is 0 Å². The summed E-state index contributed by atoms with van der Waals surface area (Å²) in [5.41, 5.74) is 2.79. The van der Waals surface area contributed by atoms with Crippen LogP contribution in [0.25, 0.3) is 0 Å². The molecular weight excluding hydrogens is 524 g/mol. The fraction of sp³-hybridized carbons (Fsp3) is 0.565. The number of hydrogen-bond acceptors (Lipinski definition) is 4. The van der Waals surface area contributed by atoms with Crippen LogP contribution in [0.3, 0.4) is 0 Å². The van der Waals surface area contributed by atoms with Crippen molar-refractivity contribution in [1.29, 1.82) is 0 Å². The van der Waals surface area contributed by atoms with Gasteiger partial charge in [0, 0.05) is 25.5 Å². The van der Waals surface area contributed by atoms with Crippen LogP contribution in [0.15, 0.2) is 28.6 Å². The first-order chi connectivity index (χ1) is 14.5. The van der Waals surface area contributed by atoms with Gasteiger partial charge in [-0.3, -0.25) is 9.89 Å². The van der Waals surface area contributed by atoms with Crippen molar-refractivity contribution in [3.05, 3.63) is 51.2 Å². The first-order valence-electron chi connectivity index (χ1n) is 10.9. The van der Waals surface area contributed by atoms with Gasteiger partial charge in [-0.2, -0.15) is 0 Å². The van der Waals surface area contributed by atoms with Gasteiger partial charge in [0.25, 0.3) is 0 Å². The number of aliphatic imine (C=N–C) groups is 1. The zero-order chi connectivity index (χ0) is 21.5. The predicted molar refractivity (Wildman–Crippen MR) is 139 cm³/mol. The number of nitrogens with zero attached hydrogens (tertiary/aromatic N) is 3. The van der Waals surface area contributed by atoms with E-state index in [0.717, 1.165) is 44.1 Å². The van der Waals surface area contributed by atoms with E-state index in [4.69, 9.17) is 4.98 Å². The van der Waals surface area contributed by atoms with Crippen LogP contribution in [0.4, 0.5) is 4.39 Å². The van der Waals surface area contributed by atoms with E-state index >= 15 is 0 Å². The van der Waals surface area contributed by atoms with Gasteiger partial charge in [0.15, 0.2) is 5.96 Å². The molecule has 1 atom stereocenters. The molecule has 0 saturated carbocycles. The summed E-state index contributed by atoms with van der Waals surface area (Å²) < 4.78 is 13.9. The van der Waals surface area contributed by atoms with Crippen LogP contribution in [0, 0.1) is 18.7 Å². The minimum absolute atomic E-state index is 0. The number of nitrogens with one attached hydrogen (secondary N) is 2. The second kappa shape index (κ2) is 12.7. The Hall–Kier alpha value is -1.26. The number of halogens is 2. The minimum atomic E-state index is -0.167. The summed E-state index contributed by atoms with van der Waals surface area (Å²) in [7, 11) is 1.78. The van der Waals surface area contributed by atoms with Gasteiger partial charge in [0.1, 0.15) is 5.82 Å². The molecule has 0 amide bonds. The molecule has 1 aliphatic rings. The SMILES string of the molecule is CCc1nc(CN2CCC(CNC(=NC)NC(C)c3ccc(C)c(F)c3)CC2)cs1.I. The van der Waals surface area contributed by atoms with Crippen LogP contribution < -0.4 is 10.6 Å². The number of guanidine groups is 1. The molecule has 0 aliphatic carbocycles. The normalized spacial score (nSPS) is 16.6. The van der Waals surface area contributed by atoms with Gasteiger partial charge in [-0.25, -0.2) is 9.37 Å². The Morgan fingerprint density at radius 2 is 2.10 bits per heavy atom. The maximum absolute atomic E-state index is 13.9. The van der Waals surface area contributed by atoms with Gasteiger partial charge >= 0.3 is 0 Å². The Morgan fingerprint density at radius 3 is 2.71 bits per heavy atom. The quantitative estimate of drug-likeness (QED) is 0.288. The van der Waals surface area contributed by atoms with Crippen molar-refractivity contribution in [3.63, 3.8) is 0 Å². The molecule has 0 bridgehead atoms. The highest BCUT2D eigenvalue weighted by molar-refractivity contribution is 14.0. The molecule has 0 spiro atoms. The summed E-state index contributed by atoms with van der Waals surface area (Å²) in [6.07, 6.45) is 3.37. The lowest BCUT2D eigenvalue weighted by Gasteiger charge is -2.32. The van der Waals surface area contributed by atoms with Crippen LogP contribution in [0.2, 0.25) is 0 Å². The van der Waals surface area contributed by atoms with Crippen molar-refractivity contribution in [2.75, 3.05) is 26.7 Å². The summed E-state index contributed by atoms with van der Waals surface area (Å²) in [6.45, 7) is 10.0. The minimum Gasteiger partial charge on any atom is -0.356 e. The van der Waals surface area contributed by atoms with Crippen molar-refractivity contribution in [1.82, 2.24) is 20.5 Å². The zero-order valence-electron chi connectivity index (χ0n) is 18.9. The number of hydrogen-bond donors (Lipinski definition) is 2. The molecule has 0 radical (unpaired) electrons. The van der Waals surface area contributed by atoms with E-state index in [1.807, 2.05) is 19.1 Å². The number of aryl methyl sites for hydroxylation is 2. The lowest BCUT2D eigenvalue weighted by atomic mass is 9.97. The molecular formula is C23H35FIN5S. The van der Waals surface area contributed by atoms with E-state index in [1.54, 1.807) is 31.4 Å². The van der Waals surface area contributed by atoms with Crippen molar-refractivity contribution in [2.24, 2.45) is 10.9 Å². The lowest BCUT2D eigenvalue weighted by Crippen LogP contribution is -2.43. The van der Waals surface area contributed by atoms with Crippen LogP contribution in [0.5, 0.6) is 0 Å². The Kier molecular flexibility index (Phi) is 10.6. The van der Waals surface area contributed by atoms with Crippen molar-refractivity contribution in [3.8, 4) is 0 Å². The number of benzene rings is 1. The molecule has 3 rings (SSSR count). The van der Waals surface area contributed by atoms with Crippen LogP contribution in [-0.4, -0.2) is 42.5 Å². The lowest BCUT2D eigenvalue weighted by molar-refractivity contribution is 0.176. The molecule has 31 heavy (non-hydrogen) atoms. The second-order valence-corrected chi connectivity index (χ2v) is 9.08. The van der Waals surface area contributed by atoms with Crippen LogP contribution in [0.1, 0.15) is 54.6 Å². The van der Waals surface area contributed by atoms with E-state index in [9.17, 15) is 4.39 Å². The summed E-state index contributed by atoms with van der Waals surface area (Å²) >= 11 is 1.77.